The molecule has 0 saturated carbocycles. The lowest BCUT2D eigenvalue weighted by Gasteiger charge is -2.16. The molecular formula is C14H15ClFN3. The van der Waals surface area contributed by atoms with Crippen molar-refractivity contribution in [2.45, 2.75) is 18.9 Å². The molecule has 0 aliphatic heterocycles. The maximum Gasteiger partial charge on any atom is 0.142 e. The van der Waals surface area contributed by atoms with Crippen LogP contribution in [-0.2, 0) is 12.8 Å². The van der Waals surface area contributed by atoms with Crippen LogP contribution in [0.25, 0.3) is 0 Å². The number of nitrogens with zero attached hydrogens (tertiary/aromatic N) is 1. The average molecular weight is 280 g/mol. The van der Waals surface area contributed by atoms with Crippen molar-refractivity contribution in [3.63, 3.8) is 0 Å². The summed E-state index contributed by atoms with van der Waals surface area (Å²) in [5.74, 6) is 5.13. The fourth-order valence-electron chi connectivity index (χ4n) is 1.93. The van der Waals surface area contributed by atoms with E-state index in [2.05, 4.69) is 10.4 Å². The Bertz CT molecular complexity index is 533. The van der Waals surface area contributed by atoms with Crippen LogP contribution in [0.2, 0.25) is 5.02 Å². The number of halogens is 2. The van der Waals surface area contributed by atoms with Gasteiger partial charge in [-0.25, -0.2) is 4.39 Å². The zero-order chi connectivity index (χ0) is 13.7. The second kappa shape index (κ2) is 6.61. The van der Waals surface area contributed by atoms with Gasteiger partial charge in [-0.1, -0.05) is 29.8 Å². The van der Waals surface area contributed by atoms with Crippen molar-refractivity contribution in [2.24, 2.45) is 5.84 Å². The first-order valence-corrected chi connectivity index (χ1v) is 6.37. The van der Waals surface area contributed by atoms with Crippen molar-refractivity contribution in [1.29, 1.82) is 0 Å². The molecule has 3 nitrogen and oxygen atoms in total. The van der Waals surface area contributed by atoms with Gasteiger partial charge in [0.05, 0.1) is 5.02 Å². The third-order valence-electron chi connectivity index (χ3n) is 2.92. The largest absolute Gasteiger partial charge is 0.271 e. The number of benzene rings is 1. The number of hydrazine groups is 1. The smallest absolute Gasteiger partial charge is 0.142 e. The van der Waals surface area contributed by atoms with E-state index in [1.165, 1.54) is 6.07 Å². The molecule has 1 heterocycles. The Hall–Kier alpha value is -1.49. The van der Waals surface area contributed by atoms with Gasteiger partial charge in [-0.05, 0) is 30.2 Å². The van der Waals surface area contributed by atoms with E-state index in [1.54, 1.807) is 18.3 Å². The van der Waals surface area contributed by atoms with Crippen molar-refractivity contribution in [3.8, 4) is 0 Å². The van der Waals surface area contributed by atoms with Crippen LogP contribution < -0.4 is 11.3 Å². The summed E-state index contributed by atoms with van der Waals surface area (Å²) in [7, 11) is 0. The molecule has 2 aromatic rings. The summed E-state index contributed by atoms with van der Waals surface area (Å²) in [6.07, 6.45) is 2.94. The standard InChI is InChI=1S/C14H15ClFN3/c15-14-10(4-3-6-13(14)16)8-12(19-17)9-11-5-1-2-7-18-11/h1-7,12,19H,8-9,17H2. The van der Waals surface area contributed by atoms with Gasteiger partial charge >= 0.3 is 0 Å². The summed E-state index contributed by atoms with van der Waals surface area (Å²) < 4.78 is 13.4. The van der Waals surface area contributed by atoms with Crippen LogP contribution in [0.15, 0.2) is 42.6 Å². The summed E-state index contributed by atoms with van der Waals surface area (Å²) >= 11 is 5.94. The molecule has 100 valence electrons. The van der Waals surface area contributed by atoms with Crippen molar-refractivity contribution in [2.75, 3.05) is 0 Å². The summed E-state index contributed by atoms with van der Waals surface area (Å²) in [4.78, 5) is 4.25. The predicted molar refractivity (Wildman–Crippen MR) is 74.2 cm³/mol. The van der Waals surface area contributed by atoms with E-state index in [9.17, 15) is 4.39 Å². The maximum absolute atomic E-state index is 13.4. The molecule has 0 aliphatic rings. The second-order valence-corrected chi connectivity index (χ2v) is 4.68. The van der Waals surface area contributed by atoms with Gasteiger partial charge in [-0.15, -0.1) is 0 Å². The van der Waals surface area contributed by atoms with Crippen LogP contribution in [0, 0.1) is 5.82 Å². The number of pyridine rings is 1. The molecule has 1 unspecified atom stereocenters. The molecule has 1 aromatic heterocycles. The molecule has 0 radical (unpaired) electrons. The first kappa shape index (κ1) is 13.9. The molecule has 0 fully saturated rings. The van der Waals surface area contributed by atoms with Crippen LogP contribution in [0.1, 0.15) is 11.3 Å². The number of aromatic nitrogens is 1. The fraction of sp³-hybridized carbons (Fsp3) is 0.214. The lowest BCUT2D eigenvalue weighted by atomic mass is 10.0. The maximum atomic E-state index is 13.4. The molecule has 0 saturated heterocycles. The fourth-order valence-corrected chi connectivity index (χ4v) is 2.14. The Morgan fingerprint density at radius 2 is 2.05 bits per heavy atom. The molecule has 0 spiro atoms. The normalized spacial score (nSPS) is 12.4. The quantitative estimate of drug-likeness (QED) is 0.653. The Morgan fingerprint density at radius 1 is 1.21 bits per heavy atom. The van der Waals surface area contributed by atoms with Crippen molar-refractivity contribution >= 4 is 11.6 Å². The summed E-state index contributed by atoms with van der Waals surface area (Å²) in [6.45, 7) is 0. The van der Waals surface area contributed by atoms with Crippen LogP contribution >= 0.6 is 11.6 Å². The van der Waals surface area contributed by atoms with Gasteiger partial charge in [0.15, 0.2) is 0 Å². The zero-order valence-corrected chi connectivity index (χ0v) is 11.1. The van der Waals surface area contributed by atoms with Crippen LogP contribution in [0.5, 0.6) is 0 Å². The molecule has 3 N–H and O–H groups in total. The van der Waals surface area contributed by atoms with Crippen LogP contribution in [0.4, 0.5) is 4.39 Å². The van der Waals surface area contributed by atoms with E-state index in [4.69, 9.17) is 17.4 Å². The Morgan fingerprint density at radius 3 is 2.74 bits per heavy atom. The highest BCUT2D eigenvalue weighted by Gasteiger charge is 2.13. The lowest BCUT2D eigenvalue weighted by Crippen LogP contribution is -2.38. The van der Waals surface area contributed by atoms with E-state index in [0.717, 1.165) is 11.3 Å². The Balaban J connectivity index is 2.09. The van der Waals surface area contributed by atoms with Crippen molar-refractivity contribution < 1.29 is 4.39 Å². The molecule has 0 bridgehead atoms. The van der Waals surface area contributed by atoms with E-state index >= 15 is 0 Å². The number of nitrogens with two attached hydrogens (primary N) is 1. The molecular weight excluding hydrogens is 265 g/mol. The Kier molecular flexibility index (Phi) is 4.85. The molecule has 0 amide bonds. The number of hydrogen-bond acceptors (Lipinski definition) is 3. The minimum absolute atomic E-state index is 0.0470. The highest BCUT2D eigenvalue weighted by molar-refractivity contribution is 6.31. The molecule has 1 atom stereocenters. The van der Waals surface area contributed by atoms with Gasteiger partial charge in [0.2, 0.25) is 0 Å². The highest BCUT2D eigenvalue weighted by Crippen LogP contribution is 2.21. The van der Waals surface area contributed by atoms with Crippen LogP contribution in [-0.4, -0.2) is 11.0 Å². The molecule has 2 rings (SSSR count). The van der Waals surface area contributed by atoms with Crippen molar-refractivity contribution in [3.05, 3.63) is 64.7 Å². The minimum Gasteiger partial charge on any atom is -0.271 e. The number of hydrogen-bond donors (Lipinski definition) is 2. The van der Waals surface area contributed by atoms with Gasteiger partial charge in [0.1, 0.15) is 5.82 Å². The van der Waals surface area contributed by atoms with Crippen molar-refractivity contribution in [1.82, 2.24) is 10.4 Å². The van der Waals surface area contributed by atoms with Gasteiger partial charge in [-0.3, -0.25) is 16.3 Å². The Labute approximate surface area is 116 Å². The summed E-state index contributed by atoms with van der Waals surface area (Å²) in [5.41, 5.74) is 4.39. The first-order chi connectivity index (χ1) is 9.20. The van der Waals surface area contributed by atoms with Gasteiger partial charge in [0.25, 0.3) is 0 Å². The first-order valence-electron chi connectivity index (χ1n) is 5.99. The molecule has 0 aliphatic carbocycles. The summed E-state index contributed by atoms with van der Waals surface area (Å²) in [5, 5.41) is 0.156. The summed E-state index contributed by atoms with van der Waals surface area (Å²) in [6, 6.07) is 10.4. The van der Waals surface area contributed by atoms with E-state index < -0.39 is 5.82 Å². The minimum atomic E-state index is -0.409. The second-order valence-electron chi connectivity index (χ2n) is 4.31. The van der Waals surface area contributed by atoms with Gasteiger partial charge in [-0.2, -0.15) is 0 Å². The predicted octanol–water partition coefficient (Wildman–Crippen LogP) is 2.49. The topological polar surface area (TPSA) is 50.9 Å². The number of nitrogens with one attached hydrogen (secondary N) is 1. The third kappa shape index (κ3) is 3.73. The lowest BCUT2D eigenvalue weighted by molar-refractivity contribution is 0.515. The monoisotopic (exact) mass is 279 g/mol. The average Bonchev–Trinajstić information content (AvgIpc) is 2.44. The van der Waals surface area contributed by atoms with E-state index in [0.29, 0.717) is 12.8 Å². The van der Waals surface area contributed by atoms with E-state index in [1.807, 2.05) is 18.2 Å². The SMILES string of the molecule is NNC(Cc1ccccn1)Cc1cccc(F)c1Cl. The zero-order valence-electron chi connectivity index (χ0n) is 10.3. The highest BCUT2D eigenvalue weighted by atomic mass is 35.5. The number of rotatable bonds is 5. The molecule has 19 heavy (non-hydrogen) atoms. The molecule has 1 aromatic carbocycles. The third-order valence-corrected chi connectivity index (χ3v) is 3.34. The van der Waals surface area contributed by atoms with Gasteiger partial charge < -0.3 is 0 Å². The molecule has 5 heteroatoms. The van der Waals surface area contributed by atoms with Crippen LogP contribution in [0.3, 0.4) is 0 Å². The van der Waals surface area contributed by atoms with Gasteiger partial charge in [0, 0.05) is 24.4 Å². The van der Waals surface area contributed by atoms with E-state index in [-0.39, 0.29) is 11.1 Å².